The van der Waals surface area contributed by atoms with Crippen LogP contribution < -0.4 is 5.32 Å². The lowest BCUT2D eigenvalue weighted by atomic mass is 9.44. The summed E-state index contributed by atoms with van der Waals surface area (Å²) in [6.07, 6.45) is 10.8. The van der Waals surface area contributed by atoms with Crippen molar-refractivity contribution in [2.45, 2.75) is 84.0 Å². The van der Waals surface area contributed by atoms with Gasteiger partial charge in [0.1, 0.15) is 12.0 Å². The fourth-order valence-corrected chi connectivity index (χ4v) is 9.61. The van der Waals surface area contributed by atoms with Crippen molar-refractivity contribution in [1.29, 1.82) is 0 Å². The van der Waals surface area contributed by atoms with E-state index in [9.17, 15) is 9.90 Å². The maximum Gasteiger partial charge on any atom is 0.147 e. The number of morpholine rings is 1. The average molecular weight is 483 g/mol. The Labute approximate surface area is 190 Å². The Balaban J connectivity index is 1.32. The van der Waals surface area contributed by atoms with Crippen molar-refractivity contribution in [1.82, 2.24) is 5.32 Å². The summed E-state index contributed by atoms with van der Waals surface area (Å²) < 4.78 is 6.02. The predicted molar refractivity (Wildman–Crippen MR) is 121 cm³/mol. The number of ketones is 1. The van der Waals surface area contributed by atoms with Crippen LogP contribution in [0.15, 0.2) is 0 Å². The van der Waals surface area contributed by atoms with Gasteiger partial charge in [-0.25, -0.2) is 0 Å². The van der Waals surface area contributed by atoms with Crippen LogP contribution >= 0.6 is 15.9 Å². The monoisotopic (exact) mass is 481 g/mol. The summed E-state index contributed by atoms with van der Waals surface area (Å²) in [6.45, 7) is 6.53. The van der Waals surface area contributed by atoms with E-state index in [-0.39, 0.29) is 17.4 Å². The van der Waals surface area contributed by atoms with Crippen molar-refractivity contribution in [2.75, 3.05) is 18.5 Å². The van der Waals surface area contributed by atoms with E-state index in [0.29, 0.717) is 22.4 Å². The maximum absolute atomic E-state index is 12.7. The highest BCUT2D eigenvalue weighted by Crippen LogP contribution is 2.68. The van der Waals surface area contributed by atoms with Crippen molar-refractivity contribution in [3.05, 3.63) is 0 Å². The van der Waals surface area contributed by atoms with Gasteiger partial charge in [0, 0.05) is 12.5 Å². The minimum Gasteiger partial charge on any atom is -0.376 e. The first kappa shape index (κ1) is 21.9. The van der Waals surface area contributed by atoms with Gasteiger partial charge in [0.15, 0.2) is 0 Å². The molecule has 10 atom stereocenters. The number of ether oxygens (including phenoxy) is 1. The molecule has 0 amide bonds. The second-order valence-electron chi connectivity index (χ2n) is 11.7. The number of aliphatic hydroxyl groups excluding tert-OH is 1. The van der Waals surface area contributed by atoms with E-state index in [2.05, 4.69) is 35.1 Å². The summed E-state index contributed by atoms with van der Waals surface area (Å²) in [5, 5.41) is 14.2. The first-order valence-electron chi connectivity index (χ1n) is 12.5. The molecule has 5 rings (SSSR count). The zero-order valence-corrected chi connectivity index (χ0v) is 20.3. The molecular formula is C25H40BrNO3. The molecule has 1 aliphatic heterocycles. The van der Waals surface area contributed by atoms with Gasteiger partial charge in [0.2, 0.25) is 0 Å². The minimum atomic E-state index is -0.498. The molecule has 0 aromatic rings. The van der Waals surface area contributed by atoms with E-state index < -0.39 is 6.23 Å². The molecule has 2 N–H and O–H groups in total. The van der Waals surface area contributed by atoms with Gasteiger partial charge in [-0.3, -0.25) is 10.1 Å². The summed E-state index contributed by atoms with van der Waals surface area (Å²) in [5.41, 5.74) is 0.670. The van der Waals surface area contributed by atoms with Crippen molar-refractivity contribution in [3.8, 4) is 0 Å². The van der Waals surface area contributed by atoms with Crippen LogP contribution in [0.5, 0.6) is 0 Å². The number of halogens is 1. The molecular weight excluding hydrogens is 442 g/mol. The average Bonchev–Trinajstić information content (AvgIpc) is 3.10. The zero-order chi connectivity index (χ0) is 21.1. The molecule has 5 heteroatoms. The van der Waals surface area contributed by atoms with Gasteiger partial charge in [-0.15, -0.1) is 0 Å². The molecule has 0 aromatic carbocycles. The van der Waals surface area contributed by atoms with Gasteiger partial charge >= 0.3 is 0 Å². The molecule has 30 heavy (non-hydrogen) atoms. The Bertz CT molecular complexity index is 673. The third-order valence-electron chi connectivity index (χ3n) is 10.8. The summed E-state index contributed by atoms with van der Waals surface area (Å²) in [6, 6.07) is 0. The van der Waals surface area contributed by atoms with E-state index in [4.69, 9.17) is 4.74 Å². The SMILES string of the molecule is C[C@]12CCC([C@@H]3OCCN[C@H]3O)C[C@@H]1CC[C@@H]1[C@@H]2CC[C@]2(C)[C@@H](C(=O)CBr)CC[C@@H]12. The number of rotatable bonds is 3. The number of alkyl halides is 1. The Kier molecular flexibility index (Phi) is 5.91. The molecule has 0 radical (unpaired) electrons. The first-order valence-corrected chi connectivity index (χ1v) is 13.6. The zero-order valence-electron chi connectivity index (χ0n) is 18.7. The van der Waals surface area contributed by atoms with E-state index in [1.54, 1.807) is 0 Å². The summed E-state index contributed by atoms with van der Waals surface area (Å²) in [7, 11) is 0. The highest BCUT2D eigenvalue weighted by molar-refractivity contribution is 9.09. The van der Waals surface area contributed by atoms with Crippen LogP contribution in [0.3, 0.4) is 0 Å². The number of aliphatic hydroxyl groups is 1. The number of hydrogen-bond donors (Lipinski definition) is 2. The Morgan fingerprint density at radius 1 is 1.07 bits per heavy atom. The third-order valence-corrected chi connectivity index (χ3v) is 11.3. The number of hydrogen-bond acceptors (Lipinski definition) is 4. The molecule has 5 aliphatic rings. The fraction of sp³-hybridized carbons (Fsp3) is 0.960. The quantitative estimate of drug-likeness (QED) is 0.581. The standard InChI is InChI=1S/C25H40BrNO3/c1-24-9-7-15(22-23(29)27-11-12-30-22)13-16(24)3-4-17-18-5-6-20(21(28)14-26)25(18,2)10-8-19(17)24/h15-20,22-23,27,29H,3-14H2,1-2H3/t15?,16-,17-,18-,19-,20+,22-,23-,24-,25-/m0/s1. The molecule has 5 fully saturated rings. The molecule has 4 nitrogen and oxygen atoms in total. The van der Waals surface area contributed by atoms with Crippen molar-refractivity contribution < 1.29 is 14.6 Å². The molecule has 170 valence electrons. The van der Waals surface area contributed by atoms with Gasteiger partial charge in [-0.1, -0.05) is 29.8 Å². The van der Waals surface area contributed by atoms with Gasteiger partial charge in [0.05, 0.1) is 18.0 Å². The topological polar surface area (TPSA) is 58.6 Å². The lowest BCUT2D eigenvalue weighted by molar-refractivity contribution is -0.156. The summed E-state index contributed by atoms with van der Waals surface area (Å²) >= 11 is 3.45. The van der Waals surface area contributed by atoms with E-state index in [1.165, 1.54) is 51.4 Å². The van der Waals surface area contributed by atoms with Crippen LogP contribution in [0.1, 0.15) is 71.6 Å². The van der Waals surface area contributed by atoms with E-state index >= 15 is 0 Å². The van der Waals surface area contributed by atoms with Gasteiger partial charge < -0.3 is 9.84 Å². The largest absolute Gasteiger partial charge is 0.376 e. The molecule has 0 bridgehead atoms. The lowest BCUT2D eigenvalue weighted by Crippen LogP contribution is -2.57. The maximum atomic E-state index is 12.7. The van der Waals surface area contributed by atoms with Crippen LogP contribution in [0, 0.1) is 46.3 Å². The molecule has 0 aromatic heterocycles. The molecule has 4 aliphatic carbocycles. The van der Waals surface area contributed by atoms with Gasteiger partial charge in [0.25, 0.3) is 0 Å². The smallest absolute Gasteiger partial charge is 0.147 e. The number of Topliss-reactive ketones (excluding diaryl/α,β-unsaturated/α-hetero) is 1. The van der Waals surface area contributed by atoms with Crippen LogP contribution in [-0.2, 0) is 9.53 Å². The van der Waals surface area contributed by atoms with Crippen molar-refractivity contribution >= 4 is 21.7 Å². The second-order valence-corrected chi connectivity index (χ2v) is 12.3. The highest BCUT2D eigenvalue weighted by Gasteiger charge is 2.61. The number of carbonyl (C=O) groups is 1. The lowest BCUT2D eigenvalue weighted by Gasteiger charge is -2.61. The minimum absolute atomic E-state index is 0.0264. The van der Waals surface area contributed by atoms with Crippen LogP contribution in [-0.4, -0.2) is 41.7 Å². The summed E-state index contributed by atoms with van der Waals surface area (Å²) in [4.78, 5) is 12.7. The number of carbonyl (C=O) groups excluding carboxylic acids is 1. The van der Waals surface area contributed by atoms with Crippen LogP contribution in [0.2, 0.25) is 0 Å². The molecule has 4 saturated carbocycles. The Hall–Kier alpha value is 0.0300. The first-order chi connectivity index (χ1) is 14.4. The van der Waals surface area contributed by atoms with Gasteiger partial charge in [-0.2, -0.15) is 0 Å². The van der Waals surface area contributed by atoms with Crippen LogP contribution in [0.4, 0.5) is 0 Å². The summed E-state index contributed by atoms with van der Waals surface area (Å²) in [5.74, 6) is 4.36. The fourth-order valence-electron chi connectivity index (χ4n) is 9.21. The Morgan fingerprint density at radius 2 is 1.83 bits per heavy atom. The Morgan fingerprint density at radius 3 is 2.60 bits per heavy atom. The van der Waals surface area contributed by atoms with Crippen molar-refractivity contribution in [3.63, 3.8) is 0 Å². The predicted octanol–water partition coefficient (Wildman–Crippen LogP) is 4.53. The molecule has 1 heterocycles. The normalized spacial score (nSPS) is 53.5. The van der Waals surface area contributed by atoms with Gasteiger partial charge in [-0.05, 0) is 98.2 Å². The molecule has 1 saturated heterocycles. The molecule has 0 spiro atoms. The van der Waals surface area contributed by atoms with E-state index in [0.717, 1.165) is 43.2 Å². The number of fused-ring (bicyclic) bond motifs is 5. The number of nitrogens with one attached hydrogen (secondary N) is 1. The van der Waals surface area contributed by atoms with Crippen molar-refractivity contribution in [2.24, 2.45) is 46.3 Å². The van der Waals surface area contributed by atoms with Crippen LogP contribution in [0.25, 0.3) is 0 Å². The third kappa shape index (κ3) is 3.28. The van der Waals surface area contributed by atoms with E-state index in [1.807, 2.05) is 0 Å². The highest BCUT2D eigenvalue weighted by atomic mass is 79.9. The molecule has 1 unspecified atom stereocenters. The second kappa shape index (κ2) is 8.11.